The van der Waals surface area contributed by atoms with Crippen molar-refractivity contribution in [1.82, 2.24) is 20.5 Å². The largest absolute Gasteiger partial charge is 0.343 e. The van der Waals surface area contributed by atoms with Crippen LogP contribution in [0.4, 0.5) is 0 Å². The van der Waals surface area contributed by atoms with Crippen LogP contribution in [0.15, 0.2) is 30.6 Å². The molecule has 5 nitrogen and oxygen atoms in total. The van der Waals surface area contributed by atoms with Gasteiger partial charge in [-0.3, -0.25) is 9.89 Å². The number of halogens is 1. The van der Waals surface area contributed by atoms with Crippen molar-refractivity contribution in [3.8, 4) is 0 Å². The zero-order valence-corrected chi connectivity index (χ0v) is 12.8. The number of rotatable bonds is 4. The van der Waals surface area contributed by atoms with Gasteiger partial charge in [0.1, 0.15) is 12.2 Å². The van der Waals surface area contributed by atoms with Crippen LogP contribution in [-0.4, -0.2) is 21.1 Å². The lowest BCUT2D eigenvalue weighted by Crippen LogP contribution is -2.52. The van der Waals surface area contributed by atoms with Gasteiger partial charge in [-0.2, -0.15) is 5.10 Å². The van der Waals surface area contributed by atoms with Crippen molar-refractivity contribution in [1.29, 1.82) is 0 Å². The van der Waals surface area contributed by atoms with E-state index in [2.05, 4.69) is 20.5 Å². The predicted molar refractivity (Wildman–Crippen MR) is 82.4 cm³/mol. The Labute approximate surface area is 133 Å². The fraction of sp³-hybridized carbons (Fsp3) is 0.438. The Morgan fingerprint density at radius 1 is 1.41 bits per heavy atom. The first-order valence-corrected chi connectivity index (χ1v) is 7.99. The smallest absolute Gasteiger partial charge is 0.224 e. The van der Waals surface area contributed by atoms with Gasteiger partial charge in [-0.1, -0.05) is 23.7 Å². The molecule has 1 heterocycles. The van der Waals surface area contributed by atoms with E-state index in [1.807, 2.05) is 24.3 Å². The zero-order chi connectivity index (χ0) is 15.2. The van der Waals surface area contributed by atoms with E-state index in [0.717, 1.165) is 42.1 Å². The predicted octanol–water partition coefficient (Wildman–Crippen LogP) is 2.76. The molecule has 6 heteroatoms. The van der Waals surface area contributed by atoms with Gasteiger partial charge in [0.15, 0.2) is 0 Å². The highest BCUT2D eigenvalue weighted by Crippen LogP contribution is 2.49. The number of hydrogen-bond acceptors (Lipinski definition) is 3. The van der Waals surface area contributed by atoms with Crippen LogP contribution in [-0.2, 0) is 10.3 Å². The molecule has 4 rings (SSSR count). The van der Waals surface area contributed by atoms with E-state index >= 15 is 0 Å². The summed E-state index contributed by atoms with van der Waals surface area (Å²) in [6.07, 6.45) is 5.32. The molecule has 0 unspecified atom stereocenters. The Kier molecular flexibility index (Phi) is 3.18. The van der Waals surface area contributed by atoms with Gasteiger partial charge < -0.3 is 5.32 Å². The third-order valence-corrected chi connectivity index (χ3v) is 5.08. The Hall–Kier alpha value is -1.88. The minimum absolute atomic E-state index is 0.0406. The number of nitrogens with zero attached hydrogens (tertiary/aromatic N) is 2. The molecule has 2 aromatic rings. The molecule has 0 bridgehead atoms. The number of carbonyl (C=O) groups is 1. The zero-order valence-electron chi connectivity index (χ0n) is 12.1. The lowest BCUT2D eigenvalue weighted by molar-refractivity contribution is -0.125. The number of nitrogens with one attached hydrogen (secondary N) is 2. The third kappa shape index (κ3) is 2.29. The van der Waals surface area contributed by atoms with Crippen molar-refractivity contribution in [2.45, 2.75) is 37.1 Å². The molecule has 2 saturated carbocycles. The van der Waals surface area contributed by atoms with Gasteiger partial charge >= 0.3 is 0 Å². The molecule has 0 spiro atoms. The van der Waals surface area contributed by atoms with Gasteiger partial charge in [0, 0.05) is 10.9 Å². The molecule has 2 N–H and O–H groups in total. The fourth-order valence-corrected chi connectivity index (χ4v) is 3.51. The fourth-order valence-electron chi connectivity index (χ4n) is 3.31. The highest BCUT2D eigenvalue weighted by molar-refractivity contribution is 6.30. The third-order valence-electron chi connectivity index (χ3n) is 4.84. The minimum atomic E-state index is -0.338. The highest BCUT2D eigenvalue weighted by Gasteiger charge is 2.49. The van der Waals surface area contributed by atoms with Crippen LogP contribution < -0.4 is 5.32 Å². The molecule has 2 aliphatic rings. The molecule has 2 aliphatic carbocycles. The molecule has 2 fully saturated rings. The van der Waals surface area contributed by atoms with Crippen LogP contribution in [0.1, 0.15) is 43.0 Å². The minimum Gasteiger partial charge on any atom is -0.343 e. The maximum Gasteiger partial charge on any atom is 0.224 e. The number of aromatic nitrogens is 3. The molecule has 0 radical (unpaired) electrons. The molecule has 0 aliphatic heterocycles. The summed E-state index contributed by atoms with van der Waals surface area (Å²) in [6.45, 7) is 0. The van der Waals surface area contributed by atoms with Gasteiger partial charge in [-0.25, -0.2) is 4.98 Å². The van der Waals surface area contributed by atoms with Crippen molar-refractivity contribution in [3.63, 3.8) is 0 Å². The topological polar surface area (TPSA) is 70.7 Å². The number of aromatic amines is 1. The number of benzene rings is 1. The van der Waals surface area contributed by atoms with Crippen LogP contribution in [0.5, 0.6) is 0 Å². The number of H-pyrrole nitrogens is 1. The summed E-state index contributed by atoms with van der Waals surface area (Å²) in [6, 6.07) is 7.79. The molecular weight excluding hydrogens is 300 g/mol. The average molecular weight is 317 g/mol. The van der Waals surface area contributed by atoms with Crippen LogP contribution in [0.2, 0.25) is 5.02 Å². The van der Waals surface area contributed by atoms with Crippen LogP contribution in [0.3, 0.4) is 0 Å². The van der Waals surface area contributed by atoms with E-state index < -0.39 is 0 Å². The molecule has 2 atom stereocenters. The maximum absolute atomic E-state index is 12.6. The van der Waals surface area contributed by atoms with Crippen LogP contribution >= 0.6 is 11.6 Å². The van der Waals surface area contributed by atoms with Crippen molar-refractivity contribution in [2.75, 3.05) is 0 Å². The molecule has 22 heavy (non-hydrogen) atoms. The Bertz CT molecular complexity index is 696. The second kappa shape index (κ2) is 5.09. The molecule has 114 valence electrons. The van der Waals surface area contributed by atoms with E-state index in [0.29, 0.717) is 0 Å². The van der Waals surface area contributed by atoms with E-state index in [9.17, 15) is 4.79 Å². The second-order valence-corrected chi connectivity index (χ2v) is 6.70. The molecular formula is C16H17ClN4O. The summed E-state index contributed by atoms with van der Waals surface area (Å²) >= 11 is 6.03. The maximum atomic E-state index is 12.6. The van der Waals surface area contributed by atoms with E-state index in [4.69, 9.17) is 11.6 Å². The van der Waals surface area contributed by atoms with Crippen molar-refractivity contribution in [2.24, 2.45) is 5.92 Å². The monoisotopic (exact) mass is 316 g/mol. The normalized spacial score (nSPS) is 25.3. The Morgan fingerprint density at radius 2 is 2.27 bits per heavy atom. The van der Waals surface area contributed by atoms with Gasteiger partial charge in [0.2, 0.25) is 5.91 Å². The van der Waals surface area contributed by atoms with Crippen molar-refractivity contribution < 1.29 is 4.79 Å². The summed E-state index contributed by atoms with van der Waals surface area (Å²) in [5, 5.41) is 10.7. The summed E-state index contributed by atoms with van der Waals surface area (Å²) < 4.78 is 0. The first-order chi connectivity index (χ1) is 10.7. The molecule has 1 aromatic carbocycles. The van der Waals surface area contributed by atoms with E-state index in [1.54, 1.807) is 0 Å². The average Bonchev–Trinajstić information content (AvgIpc) is 3.09. The highest BCUT2D eigenvalue weighted by atomic mass is 35.5. The lowest BCUT2D eigenvalue weighted by atomic mass is 9.76. The Balaban J connectivity index is 1.46. The number of carbonyl (C=O) groups excluding carboxylic acids is 1. The Morgan fingerprint density at radius 3 is 2.91 bits per heavy atom. The lowest BCUT2D eigenvalue weighted by Gasteiger charge is -2.40. The first-order valence-electron chi connectivity index (χ1n) is 7.61. The van der Waals surface area contributed by atoms with Crippen LogP contribution in [0.25, 0.3) is 0 Å². The van der Waals surface area contributed by atoms with Gasteiger partial charge in [-0.15, -0.1) is 0 Å². The quantitative estimate of drug-likeness (QED) is 0.911. The summed E-state index contributed by atoms with van der Waals surface area (Å²) in [7, 11) is 0. The van der Waals surface area contributed by atoms with Gasteiger partial charge in [0.25, 0.3) is 0 Å². The summed E-state index contributed by atoms with van der Waals surface area (Å²) in [5.74, 6) is 1.21. The first kappa shape index (κ1) is 13.8. The molecule has 0 saturated heterocycles. The summed E-state index contributed by atoms with van der Waals surface area (Å²) in [4.78, 5) is 16.8. The van der Waals surface area contributed by atoms with Crippen LogP contribution in [0, 0.1) is 5.92 Å². The SMILES string of the molecule is O=C(NC1(c2ncn[nH]2)CCC1)[C@H]1C[C@H]1c1cccc(Cl)c1. The second-order valence-electron chi connectivity index (χ2n) is 6.26. The van der Waals surface area contributed by atoms with Gasteiger partial charge in [-0.05, 0) is 49.3 Å². The standard InChI is InChI=1S/C16H17ClN4O/c17-11-4-1-3-10(7-11)12-8-13(12)14(22)20-16(5-2-6-16)15-18-9-19-21-15/h1,3-4,7,9,12-13H,2,5-6,8H2,(H,20,22)(H,18,19,21)/t12-,13-/m0/s1. The summed E-state index contributed by atoms with van der Waals surface area (Å²) in [5.41, 5.74) is 0.810. The number of hydrogen-bond donors (Lipinski definition) is 2. The van der Waals surface area contributed by atoms with Crippen molar-refractivity contribution >= 4 is 17.5 Å². The van der Waals surface area contributed by atoms with E-state index in [1.165, 1.54) is 6.33 Å². The number of amides is 1. The molecule has 1 aromatic heterocycles. The van der Waals surface area contributed by atoms with Gasteiger partial charge in [0.05, 0.1) is 5.54 Å². The van der Waals surface area contributed by atoms with Crippen molar-refractivity contribution in [3.05, 3.63) is 47.0 Å². The molecule has 1 amide bonds. The van der Waals surface area contributed by atoms with E-state index in [-0.39, 0.29) is 23.3 Å².